The van der Waals surface area contributed by atoms with Gasteiger partial charge in [0.1, 0.15) is 10.1 Å². The molecule has 8 heteroatoms. The monoisotopic (exact) mass is 340 g/mol. The molecule has 1 aromatic carbocycles. The first-order chi connectivity index (χ1) is 9.90. The van der Waals surface area contributed by atoms with Crippen molar-refractivity contribution >= 4 is 10.1 Å². The Morgan fingerprint density at radius 2 is 1.91 bits per heavy atom. The molecule has 0 aromatic heterocycles. The summed E-state index contributed by atoms with van der Waals surface area (Å²) in [5.74, 6) is 0.735. The summed E-state index contributed by atoms with van der Waals surface area (Å²) in [7, 11) is -3.41. The Bertz CT molecular complexity index is 546. The molecule has 1 unspecified atom stereocenters. The van der Waals surface area contributed by atoms with Crippen LogP contribution in [0.25, 0.3) is 0 Å². The third-order valence-electron chi connectivity index (χ3n) is 3.00. The van der Waals surface area contributed by atoms with Crippen molar-refractivity contribution in [3.8, 4) is 11.5 Å². The molecule has 120 valence electrons. The van der Waals surface area contributed by atoms with Crippen LogP contribution in [0.2, 0.25) is 0 Å². The van der Waals surface area contributed by atoms with Crippen molar-refractivity contribution in [2.45, 2.75) is 38.0 Å². The van der Waals surface area contributed by atoms with Crippen molar-refractivity contribution in [2.24, 2.45) is 0 Å². The molecule has 22 heavy (non-hydrogen) atoms. The fourth-order valence-corrected chi connectivity index (χ4v) is 2.31. The van der Waals surface area contributed by atoms with Gasteiger partial charge < -0.3 is 19.1 Å². The molecule has 1 N–H and O–H groups in total. The van der Waals surface area contributed by atoms with Crippen molar-refractivity contribution in [2.75, 3.05) is 13.7 Å². The number of benzene rings is 1. The molecule has 0 heterocycles. The van der Waals surface area contributed by atoms with E-state index in [4.69, 9.17) is 9.47 Å². The van der Waals surface area contributed by atoms with Gasteiger partial charge in [0.05, 0.1) is 13.7 Å². The summed E-state index contributed by atoms with van der Waals surface area (Å²) in [5.41, 5.74) is -2.15. The van der Waals surface area contributed by atoms with Crippen molar-refractivity contribution in [3.05, 3.63) is 23.8 Å². The topological polar surface area (TPSA) is 95.9 Å². The van der Waals surface area contributed by atoms with E-state index < -0.39 is 15.6 Å². The van der Waals surface area contributed by atoms with Gasteiger partial charge in [0, 0.05) is 0 Å². The number of aliphatic hydroxyl groups excluding tert-OH is 1. The van der Waals surface area contributed by atoms with Gasteiger partial charge in [0.15, 0.2) is 16.9 Å². The van der Waals surface area contributed by atoms with Crippen LogP contribution in [0.15, 0.2) is 18.2 Å². The summed E-state index contributed by atoms with van der Waals surface area (Å²) >= 11 is 0. The summed E-state index contributed by atoms with van der Waals surface area (Å²) in [6, 6.07) is 4.12. The van der Waals surface area contributed by atoms with Gasteiger partial charge in [0.25, 0.3) is 0 Å². The van der Waals surface area contributed by atoms with E-state index in [1.165, 1.54) is 25.3 Å². The van der Waals surface area contributed by atoms with E-state index in [9.17, 15) is 18.1 Å². The number of rotatable bonds is 9. The van der Waals surface area contributed by atoms with E-state index >= 15 is 0 Å². The molecule has 0 saturated carbocycles. The quantitative estimate of drug-likeness (QED) is 0.359. The van der Waals surface area contributed by atoms with Crippen LogP contribution in [0.5, 0.6) is 11.5 Å². The first kappa shape index (κ1) is 21.7. The molecule has 0 aliphatic carbocycles. The fourth-order valence-electron chi connectivity index (χ4n) is 1.83. The zero-order valence-corrected chi connectivity index (χ0v) is 16.1. The number of unbranched alkanes of at least 4 members (excludes halogenated alkanes) is 3. The maximum absolute atomic E-state index is 10.8. The van der Waals surface area contributed by atoms with Crippen molar-refractivity contribution in [1.82, 2.24) is 0 Å². The first-order valence-electron chi connectivity index (χ1n) is 6.83. The molecule has 1 atom stereocenters. The van der Waals surface area contributed by atoms with Gasteiger partial charge in [-0.05, 0) is 24.1 Å². The van der Waals surface area contributed by atoms with Gasteiger partial charge >= 0.3 is 29.6 Å². The summed E-state index contributed by atoms with van der Waals surface area (Å²) in [6.07, 6.45) is 4.27. The molecule has 0 radical (unpaired) electrons. The van der Waals surface area contributed by atoms with Gasteiger partial charge in [-0.2, -0.15) is 0 Å². The molecule has 0 aliphatic heterocycles. The molecule has 1 aromatic rings. The fraction of sp³-hybridized carbons (Fsp3) is 0.571. The Morgan fingerprint density at radius 1 is 1.23 bits per heavy atom. The number of aliphatic hydroxyl groups is 1. The van der Waals surface area contributed by atoms with E-state index in [1.54, 1.807) is 0 Å². The second-order valence-corrected chi connectivity index (χ2v) is 6.10. The van der Waals surface area contributed by atoms with Crippen LogP contribution in [0.4, 0.5) is 0 Å². The van der Waals surface area contributed by atoms with Gasteiger partial charge in [0.2, 0.25) is 0 Å². The van der Waals surface area contributed by atoms with Crippen molar-refractivity contribution in [3.63, 3.8) is 0 Å². The van der Waals surface area contributed by atoms with Crippen LogP contribution in [-0.4, -0.2) is 31.8 Å². The Balaban J connectivity index is 0.00000441. The van der Waals surface area contributed by atoms with E-state index in [-0.39, 0.29) is 40.9 Å². The molecule has 0 amide bonds. The molecular formula is C14H21NaO6S. The summed E-state index contributed by atoms with van der Waals surface area (Å²) in [6.45, 7) is 2.65. The number of hydrogen-bond acceptors (Lipinski definition) is 6. The molecule has 6 nitrogen and oxygen atoms in total. The molecule has 0 saturated heterocycles. The molecule has 0 fully saturated rings. The Morgan fingerprint density at radius 3 is 2.45 bits per heavy atom. The van der Waals surface area contributed by atoms with Crippen LogP contribution in [0.3, 0.4) is 0 Å². The van der Waals surface area contributed by atoms with Crippen molar-refractivity contribution in [1.29, 1.82) is 0 Å². The SMILES string of the molecule is CCCCCCOc1ccc(C(O)S(=O)(=O)[O-])cc1OC.[Na+]. The van der Waals surface area contributed by atoms with Crippen LogP contribution in [-0.2, 0) is 10.1 Å². The third-order valence-corrected chi connectivity index (χ3v) is 3.82. The Labute approximate surface area is 153 Å². The molecule has 0 spiro atoms. The minimum Gasteiger partial charge on any atom is -0.746 e. The van der Waals surface area contributed by atoms with Gasteiger partial charge in [-0.15, -0.1) is 0 Å². The molecular weight excluding hydrogens is 319 g/mol. The maximum Gasteiger partial charge on any atom is 1.00 e. The van der Waals surface area contributed by atoms with Crippen LogP contribution in [0.1, 0.15) is 43.6 Å². The van der Waals surface area contributed by atoms with Crippen LogP contribution in [0, 0.1) is 0 Å². The second kappa shape index (κ2) is 10.5. The third kappa shape index (κ3) is 6.85. The average molecular weight is 340 g/mol. The van der Waals surface area contributed by atoms with Crippen LogP contribution >= 0.6 is 0 Å². The number of ether oxygens (including phenoxy) is 2. The zero-order chi connectivity index (χ0) is 15.9. The predicted octanol–water partition coefficient (Wildman–Crippen LogP) is -0.806. The second-order valence-electron chi connectivity index (χ2n) is 4.66. The van der Waals surface area contributed by atoms with Crippen molar-refractivity contribution < 1.29 is 57.1 Å². The van der Waals surface area contributed by atoms with Gasteiger partial charge in [-0.25, -0.2) is 8.42 Å². The maximum atomic E-state index is 10.8. The van der Waals surface area contributed by atoms with E-state index in [0.29, 0.717) is 12.4 Å². The first-order valence-corrected chi connectivity index (χ1v) is 8.30. The average Bonchev–Trinajstić information content (AvgIpc) is 2.45. The van der Waals surface area contributed by atoms with E-state index in [2.05, 4.69) is 6.92 Å². The standard InChI is InChI=1S/C14H22O6S.Na/c1-3-4-5-6-9-20-12-8-7-11(10-13(12)19-2)14(15)21(16,17)18;/h7-8,10,14-15H,3-6,9H2,1-2H3,(H,16,17,18);/q;+1/p-1. The summed E-state index contributed by atoms with van der Waals surface area (Å²) in [4.78, 5) is 0. The number of methoxy groups -OCH3 is 1. The summed E-state index contributed by atoms with van der Waals surface area (Å²) < 4.78 is 43.1. The Hall–Kier alpha value is -0.310. The summed E-state index contributed by atoms with van der Waals surface area (Å²) in [5, 5.41) is 9.44. The Kier molecular flexibility index (Phi) is 10.3. The number of hydrogen-bond donors (Lipinski definition) is 1. The van der Waals surface area contributed by atoms with Gasteiger partial charge in [-0.1, -0.05) is 32.3 Å². The minimum atomic E-state index is -4.81. The van der Waals surface area contributed by atoms with E-state index in [1.807, 2.05) is 0 Å². The zero-order valence-electron chi connectivity index (χ0n) is 13.2. The smallest absolute Gasteiger partial charge is 0.746 e. The van der Waals surface area contributed by atoms with Crippen LogP contribution < -0.4 is 39.0 Å². The molecule has 1 rings (SSSR count). The minimum absolute atomic E-state index is 0. The predicted molar refractivity (Wildman–Crippen MR) is 77.3 cm³/mol. The van der Waals surface area contributed by atoms with E-state index in [0.717, 1.165) is 25.7 Å². The largest absolute Gasteiger partial charge is 1.00 e. The molecule has 0 aliphatic rings. The molecule has 0 bridgehead atoms. The normalized spacial score (nSPS) is 12.4. The van der Waals surface area contributed by atoms with Gasteiger partial charge in [-0.3, -0.25) is 0 Å².